The SMILES string of the molecule is CCCCCCCC/C=C/CCCc1cccc(OCC2CO2)c1. The highest BCUT2D eigenvalue weighted by molar-refractivity contribution is 5.28. The summed E-state index contributed by atoms with van der Waals surface area (Å²) in [6.45, 7) is 3.81. The maximum atomic E-state index is 5.74. The third-order valence-electron chi connectivity index (χ3n) is 4.46. The van der Waals surface area contributed by atoms with Crippen LogP contribution in [-0.4, -0.2) is 19.3 Å². The number of aryl methyl sites for hydroxylation is 1. The van der Waals surface area contributed by atoms with Crippen molar-refractivity contribution in [2.75, 3.05) is 13.2 Å². The number of benzene rings is 1. The van der Waals surface area contributed by atoms with Gasteiger partial charge in [0.05, 0.1) is 6.61 Å². The molecule has 0 aliphatic carbocycles. The van der Waals surface area contributed by atoms with E-state index in [1.807, 2.05) is 6.07 Å². The first kappa shape index (κ1) is 19.1. The second kappa shape index (κ2) is 12.1. The van der Waals surface area contributed by atoms with Crippen LogP contribution in [0.3, 0.4) is 0 Å². The van der Waals surface area contributed by atoms with E-state index < -0.39 is 0 Å². The van der Waals surface area contributed by atoms with Crippen LogP contribution >= 0.6 is 0 Å². The van der Waals surface area contributed by atoms with Crippen molar-refractivity contribution in [3.8, 4) is 5.75 Å². The number of rotatable bonds is 14. The molecular formula is C22H34O2. The fourth-order valence-electron chi connectivity index (χ4n) is 2.85. The summed E-state index contributed by atoms with van der Waals surface area (Å²) in [7, 11) is 0. The number of hydrogen-bond donors (Lipinski definition) is 0. The van der Waals surface area contributed by atoms with Gasteiger partial charge in [0.25, 0.3) is 0 Å². The molecule has 2 nitrogen and oxygen atoms in total. The number of ether oxygens (including phenoxy) is 2. The topological polar surface area (TPSA) is 21.8 Å². The van der Waals surface area contributed by atoms with Gasteiger partial charge in [0, 0.05) is 0 Å². The summed E-state index contributed by atoms with van der Waals surface area (Å²) in [5.74, 6) is 0.974. The molecule has 0 bridgehead atoms. The zero-order valence-electron chi connectivity index (χ0n) is 15.3. The summed E-state index contributed by atoms with van der Waals surface area (Å²) < 4.78 is 10.9. The lowest BCUT2D eigenvalue weighted by molar-refractivity contribution is 0.263. The van der Waals surface area contributed by atoms with Crippen molar-refractivity contribution in [3.63, 3.8) is 0 Å². The third kappa shape index (κ3) is 9.12. The molecule has 0 aromatic heterocycles. The zero-order valence-corrected chi connectivity index (χ0v) is 15.3. The lowest BCUT2D eigenvalue weighted by Gasteiger charge is -2.06. The molecule has 1 aromatic rings. The van der Waals surface area contributed by atoms with Crippen LogP contribution < -0.4 is 4.74 Å². The first-order chi connectivity index (χ1) is 11.9. The maximum absolute atomic E-state index is 5.74. The Morgan fingerprint density at radius 3 is 2.58 bits per heavy atom. The Morgan fingerprint density at radius 2 is 1.79 bits per heavy atom. The van der Waals surface area contributed by atoms with Gasteiger partial charge in [-0.2, -0.15) is 0 Å². The maximum Gasteiger partial charge on any atom is 0.119 e. The van der Waals surface area contributed by atoms with Crippen LogP contribution in [-0.2, 0) is 11.2 Å². The van der Waals surface area contributed by atoms with Crippen molar-refractivity contribution >= 4 is 0 Å². The second-order valence-electron chi connectivity index (χ2n) is 6.83. The molecule has 1 unspecified atom stereocenters. The van der Waals surface area contributed by atoms with Crippen molar-refractivity contribution in [1.82, 2.24) is 0 Å². The summed E-state index contributed by atoms with van der Waals surface area (Å²) in [4.78, 5) is 0. The van der Waals surface area contributed by atoms with E-state index >= 15 is 0 Å². The van der Waals surface area contributed by atoms with Gasteiger partial charge in [-0.15, -0.1) is 0 Å². The van der Waals surface area contributed by atoms with Crippen molar-refractivity contribution in [2.45, 2.75) is 77.2 Å². The van der Waals surface area contributed by atoms with Crippen molar-refractivity contribution < 1.29 is 9.47 Å². The largest absolute Gasteiger partial charge is 0.491 e. The molecule has 0 spiro atoms. The van der Waals surface area contributed by atoms with Crippen LogP contribution in [0.25, 0.3) is 0 Å². The van der Waals surface area contributed by atoms with Gasteiger partial charge in [-0.05, 0) is 49.8 Å². The molecule has 0 saturated carbocycles. The molecule has 1 aliphatic rings. The average molecular weight is 331 g/mol. The Kier molecular flexibility index (Phi) is 9.63. The summed E-state index contributed by atoms with van der Waals surface area (Å²) in [5.41, 5.74) is 1.37. The smallest absolute Gasteiger partial charge is 0.119 e. The monoisotopic (exact) mass is 330 g/mol. The predicted molar refractivity (Wildman–Crippen MR) is 102 cm³/mol. The van der Waals surface area contributed by atoms with Crippen LogP contribution in [0, 0.1) is 0 Å². The Bertz CT molecular complexity index is 463. The van der Waals surface area contributed by atoms with Crippen LogP contribution in [0.5, 0.6) is 5.75 Å². The van der Waals surface area contributed by atoms with Crippen LogP contribution in [0.4, 0.5) is 0 Å². The van der Waals surface area contributed by atoms with Gasteiger partial charge >= 0.3 is 0 Å². The Hall–Kier alpha value is -1.28. The lowest BCUT2D eigenvalue weighted by atomic mass is 10.1. The van der Waals surface area contributed by atoms with Gasteiger partial charge in [-0.3, -0.25) is 0 Å². The van der Waals surface area contributed by atoms with Crippen molar-refractivity contribution in [1.29, 1.82) is 0 Å². The number of allylic oxidation sites excluding steroid dienone is 2. The van der Waals surface area contributed by atoms with E-state index in [9.17, 15) is 0 Å². The van der Waals surface area contributed by atoms with Crippen LogP contribution in [0.1, 0.15) is 70.3 Å². The first-order valence-corrected chi connectivity index (χ1v) is 9.87. The molecule has 0 amide bonds. The fourth-order valence-corrected chi connectivity index (χ4v) is 2.85. The lowest BCUT2D eigenvalue weighted by Crippen LogP contribution is -2.04. The number of unbranched alkanes of at least 4 members (excludes halogenated alkanes) is 7. The third-order valence-corrected chi connectivity index (χ3v) is 4.46. The van der Waals surface area contributed by atoms with Gasteiger partial charge in [0.1, 0.15) is 18.5 Å². The Morgan fingerprint density at radius 1 is 1.04 bits per heavy atom. The van der Waals surface area contributed by atoms with E-state index in [-0.39, 0.29) is 0 Å². The van der Waals surface area contributed by atoms with E-state index in [2.05, 4.69) is 37.3 Å². The Labute approximate surface area is 148 Å². The summed E-state index contributed by atoms with van der Waals surface area (Å²) in [6, 6.07) is 8.49. The second-order valence-corrected chi connectivity index (χ2v) is 6.83. The molecule has 1 saturated heterocycles. The zero-order chi connectivity index (χ0) is 16.9. The molecule has 134 valence electrons. The van der Waals surface area contributed by atoms with E-state index in [0.29, 0.717) is 12.7 Å². The standard InChI is InChI=1S/C22H34O2/c1-2-3-4-5-6-7-8-9-10-11-12-14-20-15-13-16-21(17-20)23-18-22-19-24-22/h9-10,13,15-17,22H,2-8,11-12,14,18-19H2,1H3/b10-9+. The van der Waals surface area contributed by atoms with Crippen molar-refractivity contribution in [3.05, 3.63) is 42.0 Å². The van der Waals surface area contributed by atoms with Gasteiger partial charge in [-0.25, -0.2) is 0 Å². The van der Waals surface area contributed by atoms with Crippen molar-refractivity contribution in [2.24, 2.45) is 0 Å². The van der Waals surface area contributed by atoms with Gasteiger partial charge in [0.2, 0.25) is 0 Å². The van der Waals surface area contributed by atoms with Crippen LogP contribution in [0.2, 0.25) is 0 Å². The molecule has 1 aliphatic heterocycles. The predicted octanol–water partition coefficient (Wildman–Crippen LogP) is 6.09. The van der Waals surface area contributed by atoms with Gasteiger partial charge in [-0.1, -0.05) is 63.3 Å². The minimum atomic E-state index is 0.324. The first-order valence-electron chi connectivity index (χ1n) is 9.87. The highest BCUT2D eigenvalue weighted by Crippen LogP contribution is 2.18. The molecule has 0 N–H and O–H groups in total. The summed E-state index contributed by atoms with van der Waals surface area (Å²) in [6.07, 6.45) is 18.1. The van der Waals surface area contributed by atoms with Gasteiger partial charge in [0.15, 0.2) is 0 Å². The molecular weight excluding hydrogens is 296 g/mol. The minimum absolute atomic E-state index is 0.324. The molecule has 1 heterocycles. The molecule has 2 heteroatoms. The molecule has 2 rings (SSSR count). The quantitative estimate of drug-likeness (QED) is 0.234. The van der Waals surface area contributed by atoms with E-state index in [1.165, 1.54) is 63.4 Å². The highest BCUT2D eigenvalue weighted by atomic mass is 16.6. The Balaban J connectivity index is 1.49. The molecule has 1 aromatic carbocycles. The highest BCUT2D eigenvalue weighted by Gasteiger charge is 2.22. The van der Waals surface area contributed by atoms with E-state index in [1.54, 1.807) is 0 Å². The molecule has 0 radical (unpaired) electrons. The van der Waals surface area contributed by atoms with E-state index in [0.717, 1.165) is 18.8 Å². The minimum Gasteiger partial charge on any atom is -0.491 e. The molecule has 24 heavy (non-hydrogen) atoms. The average Bonchev–Trinajstić information content (AvgIpc) is 3.43. The summed E-state index contributed by atoms with van der Waals surface area (Å²) >= 11 is 0. The molecule has 1 atom stereocenters. The molecule has 1 fully saturated rings. The van der Waals surface area contributed by atoms with Gasteiger partial charge < -0.3 is 9.47 Å². The normalized spacial score (nSPS) is 16.6. The van der Waals surface area contributed by atoms with E-state index in [4.69, 9.17) is 9.47 Å². The number of hydrogen-bond acceptors (Lipinski definition) is 2. The summed E-state index contributed by atoms with van der Waals surface area (Å²) in [5, 5.41) is 0. The fraction of sp³-hybridized carbons (Fsp3) is 0.636. The van der Waals surface area contributed by atoms with Crippen LogP contribution in [0.15, 0.2) is 36.4 Å². The number of epoxide rings is 1.